The van der Waals surface area contributed by atoms with Crippen molar-refractivity contribution in [1.82, 2.24) is 5.32 Å². The summed E-state index contributed by atoms with van der Waals surface area (Å²) < 4.78 is 26.4. The first-order valence-corrected chi connectivity index (χ1v) is 6.40. The molecule has 0 aliphatic rings. The molecule has 2 aromatic rings. The van der Waals surface area contributed by atoms with E-state index in [1.54, 1.807) is 18.2 Å². The molecule has 2 aromatic carbocycles. The molecule has 1 nitrogen and oxygen atoms in total. The van der Waals surface area contributed by atoms with Crippen LogP contribution >= 0.6 is 0 Å². The van der Waals surface area contributed by atoms with Crippen molar-refractivity contribution in [2.75, 3.05) is 6.54 Å². The molecule has 1 unspecified atom stereocenters. The summed E-state index contributed by atoms with van der Waals surface area (Å²) in [5, 5.41) is 3.31. The van der Waals surface area contributed by atoms with Gasteiger partial charge in [-0.3, -0.25) is 0 Å². The number of benzene rings is 2. The molecule has 1 atom stereocenters. The molecule has 0 saturated carbocycles. The maximum atomic E-state index is 13.5. The Morgan fingerprint density at radius 1 is 1.00 bits per heavy atom. The molecule has 0 saturated heterocycles. The number of rotatable bonds is 4. The van der Waals surface area contributed by atoms with Crippen molar-refractivity contribution >= 4 is 0 Å². The summed E-state index contributed by atoms with van der Waals surface area (Å²) in [6, 6.07) is 11.0. The number of hydrogen-bond donors (Lipinski definition) is 1. The van der Waals surface area contributed by atoms with E-state index in [0.717, 1.165) is 23.2 Å². The third-order valence-electron chi connectivity index (χ3n) is 3.15. The summed E-state index contributed by atoms with van der Waals surface area (Å²) in [6.07, 6.45) is 0. The van der Waals surface area contributed by atoms with Crippen LogP contribution in [0.15, 0.2) is 42.5 Å². The largest absolute Gasteiger partial charge is 0.310 e. The summed E-state index contributed by atoms with van der Waals surface area (Å²) in [5.74, 6) is -0.576. The Labute approximate surface area is 112 Å². The van der Waals surface area contributed by atoms with Crippen LogP contribution in [0, 0.1) is 11.6 Å². The van der Waals surface area contributed by atoms with Gasteiger partial charge in [-0.2, -0.15) is 0 Å². The smallest absolute Gasteiger partial charge is 0.123 e. The standard InChI is InChI=1S/C16H17F2N/c1-3-19-11(2)15-9-8-14(18)10-16(15)12-4-6-13(17)7-5-12/h4-11,19H,3H2,1-2H3. The highest BCUT2D eigenvalue weighted by atomic mass is 19.1. The van der Waals surface area contributed by atoms with E-state index < -0.39 is 0 Å². The summed E-state index contributed by atoms with van der Waals surface area (Å²) in [7, 11) is 0. The molecule has 3 heteroatoms. The van der Waals surface area contributed by atoms with Gasteiger partial charge in [0.1, 0.15) is 11.6 Å². The topological polar surface area (TPSA) is 12.0 Å². The van der Waals surface area contributed by atoms with Gasteiger partial charge in [0.25, 0.3) is 0 Å². The number of halogens is 2. The number of hydrogen-bond acceptors (Lipinski definition) is 1. The van der Waals surface area contributed by atoms with Crippen LogP contribution < -0.4 is 5.32 Å². The van der Waals surface area contributed by atoms with Crippen molar-refractivity contribution in [3.05, 3.63) is 59.7 Å². The van der Waals surface area contributed by atoms with Gasteiger partial charge in [0.15, 0.2) is 0 Å². The average Bonchev–Trinajstić information content (AvgIpc) is 2.39. The highest BCUT2D eigenvalue weighted by Gasteiger charge is 2.12. The van der Waals surface area contributed by atoms with Crippen LogP contribution in [0.25, 0.3) is 11.1 Å². The Morgan fingerprint density at radius 3 is 2.26 bits per heavy atom. The van der Waals surface area contributed by atoms with Gasteiger partial charge < -0.3 is 5.32 Å². The molecule has 100 valence electrons. The fourth-order valence-electron chi connectivity index (χ4n) is 2.20. The van der Waals surface area contributed by atoms with E-state index in [1.807, 2.05) is 13.8 Å². The third-order valence-corrected chi connectivity index (χ3v) is 3.15. The zero-order chi connectivity index (χ0) is 13.8. The van der Waals surface area contributed by atoms with Crippen molar-refractivity contribution in [1.29, 1.82) is 0 Å². The Kier molecular flexibility index (Phi) is 4.27. The lowest BCUT2D eigenvalue weighted by molar-refractivity contribution is 0.593. The van der Waals surface area contributed by atoms with Crippen molar-refractivity contribution in [3.63, 3.8) is 0 Å². The van der Waals surface area contributed by atoms with E-state index in [0.29, 0.717) is 0 Å². The highest BCUT2D eigenvalue weighted by Crippen LogP contribution is 2.29. The first kappa shape index (κ1) is 13.7. The maximum absolute atomic E-state index is 13.5. The van der Waals surface area contributed by atoms with Gasteiger partial charge in [-0.15, -0.1) is 0 Å². The third kappa shape index (κ3) is 3.18. The van der Waals surface area contributed by atoms with E-state index in [-0.39, 0.29) is 17.7 Å². The van der Waals surface area contributed by atoms with E-state index in [2.05, 4.69) is 5.32 Å². The molecule has 0 aliphatic carbocycles. The normalized spacial score (nSPS) is 12.4. The predicted molar refractivity (Wildman–Crippen MR) is 73.9 cm³/mol. The summed E-state index contributed by atoms with van der Waals surface area (Å²) in [6.45, 7) is 4.89. The second-order valence-electron chi connectivity index (χ2n) is 4.52. The van der Waals surface area contributed by atoms with Crippen LogP contribution in [0.4, 0.5) is 8.78 Å². The van der Waals surface area contributed by atoms with Crippen molar-refractivity contribution in [3.8, 4) is 11.1 Å². The van der Waals surface area contributed by atoms with Gasteiger partial charge in [-0.05, 0) is 54.4 Å². The molecule has 1 N–H and O–H groups in total. The monoisotopic (exact) mass is 261 g/mol. The first-order valence-electron chi connectivity index (χ1n) is 6.40. The van der Waals surface area contributed by atoms with E-state index in [1.165, 1.54) is 24.3 Å². The van der Waals surface area contributed by atoms with Crippen molar-refractivity contribution in [2.24, 2.45) is 0 Å². The van der Waals surface area contributed by atoms with Gasteiger partial charge in [0.05, 0.1) is 0 Å². The number of nitrogens with one attached hydrogen (secondary N) is 1. The molecule has 0 radical (unpaired) electrons. The van der Waals surface area contributed by atoms with E-state index >= 15 is 0 Å². The molecule has 0 aromatic heterocycles. The van der Waals surface area contributed by atoms with Crippen LogP contribution in [-0.2, 0) is 0 Å². The Balaban J connectivity index is 2.48. The second kappa shape index (κ2) is 5.93. The lowest BCUT2D eigenvalue weighted by atomic mass is 9.95. The minimum absolute atomic E-state index is 0.116. The molecule has 0 bridgehead atoms. The molecular weight excluding hydrogens is 244 g/mol. The van der Waals surface area contributed by atoms with E-state index in [4.69, 9.17) is 0 Å². The molecule has 0 fully saturated rings. The quantitative estimate of drug-likeness (QED) is 0.865. The lowest BCUT2D eigenvalue weighted by Crippen LogP contribution is -2.18. The fourth-order valence-corrected chi connectivity index (χ4v) is 2.20. The molecule has 0 heterocycles. The Morgan fingerprint density at radius 2 is 1.63 bits per heavy atom. The fraction of sp³-hybridized carbons (Fsp3) is 0.250. The Hall–Kier alpha value is -1.74. The van der Waals surface area contributed by atoms with Crippen LogP contribution in [0.1, 0.15) is 25.5 Å². The van der Waals surface area contributed by atoms with Gasteiger partial charge in [0.2, 0.25) is 0 Å². The molecule has 0 spiro atoms. The predicted octanol–water partition coefficient (Wildman–Crippen LogP) is 4.30. The summed E-state index contributed by atoms with van der Waals surface area (Å²) in [5.41, 5.74) is 2.63. The zero-order valence-electron chi connectivity index (χ0n) is 11.1. The maximum Gasteiger partial charge on any atom is 0.123 e. The lowest BCUT2D eigenvalue weighted by Gasteiger charge is -2.17. The van der Waals surface area contributed by atoms with Gasteiger partial charge >= 0.3 is 0 Å². The van der Waals surface area contributed by atoms with Crippen molar-refractivity contribution < 1.29 is 8.78 Å². The summed E-state index contributed by atoms with van der Waals surface area (Å²) >= 11 is 0. The van der Waals surface area contributed by atoms with Gasteiger partial charge in [0, 0.05) is 6.04 Å². The van der Waals surface area contributed by atoms with Crippen LogP contribution in [0.2, 0.25) is 0 Å². The highest BCUT2D eigenvalue weighted by molar-refractivity contribution is 5.68. The molecule has 19 heavy (non-hydrogen) atoms. The van der Waals surface area contributed by atoms with Crippen LogP contribution in [0.5, 0.6) is 0 Å². The SMILES string of the molecule is CCNC(C)c1ccc(F)cc1-c1ccc(F)cc1. The zero-order valence-corrected chi connectivity index (χ0v) is 11.1. The van der Waals surface area contributed by atoms with Gasteiger partial charge in [-0.1, -0.05) is 25.1 Å². The molecular formula is C16H17F2N. The minimum atomic E-state index is -0.290. The van der Waals surface area contributed by atoms with Gasteiger partial charge in [-0.25, -0.2) is 8.78 Å². The molecule has 2 rings (SSSR count). The van der Waals surface area contributed by atoms with Crippen LogP contribution in [-0.4, -0.2) is 6.54 Å². The minimum Gasteiger partial charge on any atom is -0.310 e. The Bertz CT molecular complexity index is 549. The molecule has 0 aliphatic heterocycles. The second-order valence-corrected chi connectivity index (χ2v) is 4.52. The average molecular weight is 261 g/mol. The van der Waals surface area contributed by atoms with Crippen molar-refractivity contribution in [2.45, 2.75) is 19.9 Å². The van der Waals surface area contributed by atoms with Crippen LogP contribution in [0.3, 0.4) is 0 Å². The first-order chi connectivity index (χ1) is 9.11. The molecule has 0 amide bonds. The summed E-state index contributed by atoms with van der Waals surface area (Å²) in [4.78, 5) is 0. The van der Waals surface area contributed by atoms with E-state index in [9.17, 15) is 8.78 Å².